The van der Waals surface area contributed by atoms with Crippen molar-refractivity contribution in [3.63, 3.8) is 0 Å². The number of rotatable bonds is 5. The SMILES string of the molecule is O=C(NC1CC1)/C(S)=C/C1=Cc2ccccc2N(C(=O)c2ccc(-c3cccs3)cc2)CC1. The molecule has 0 spiro atoms. The molecule has 1 fully saturated rings. The number of hydrogen-bond acceptors (Lipinski definition) is 4. The number of anilines is 1. The number of thiophene rings is 1. The van der Waals surface area contributed by atoms with Crippen LogP contribution in [0.25, 0.3) is 16.5 Å². The highest BCUT2D eigenvalue weighted by Gasteiger charge is 2.25. The van der Waals surface area contributed by atoms with Gasteiger partial charge < -0.3 is 10.2 Å². The van der Waals surface area contributed by atoms with Crippen LogP contribution in [0.15, 0.2) is 82.6 Å². The van der Waals surface area contributed by atoms with Gasteiger partial charge in [0, 0.05) is 23.0 Å². The summed E-state index contributed by atoms with van der Waals surface area (Å²) < 4.78 is 0. The number of fused-ring (bicyclic) bond motifs is 1. The second-order valence-electron chi connectivity index (χ2n) is 8.32. The molecule has 0 atom stereocenters. The molecule has 1 aliphatic carbocycles. The highest BCUT2D eigenvalue weighted by Crippen LogP contribution is 2.31. The highest BCUT2D eigenvalue weighted by molar-refractivity contribution is 7.85. The van der Waals surface area contributed by atoms with E-state index >= 15 is 0 Å². The van der Waals surface area contributed by atoms with Gasteiger partial charge >= 0.3 is 0 Å². The Morgan fingerprint density at radius 1 is 1.03 bits per heavy atom. The standard InChI is InChI=1S/C27H24N2O2S2/c30-26(28-22-11-12-22)24(32)17-18-13-14-29(23-5-2-1-4-21(23)16-18)27(31)20-9-7-19(8-10-20)25-6-3-15-33-25/h1-10,15-17,22,32H,11-14H2,(H,28,30)/b24-17-. The third kappa shape index (κ3) is 4.97. The van der Waals surface area contributed by atoms with E-state index in [9.17, 15) is 9.59 Å². The predicted molar refractivity (Wildman–Crippen MR) is 139 cm³/mol. The normalized spacial score (nSPS) is 16.0. The first-order valence-electron chi connectivity index (χ1n) is 11.1. The number of carbonyl (C=O) groups excluding carboxylic acids is 2. The predicted octanol–water partition coefficient (Wildman–Crippen LogP) is 5.94. The molecule has 0 bridgehead atoms. The van der Waals surface area contributed by atoms with Crippen LogP contribution in [-0.4, -0.2) is 24.4 Å². The van der Waals surface area contributed by atoms with Crippen molar-refractivity contribution in [1.82, 2.24) is 5.32 Å². The fraction of sp³-hybridized carbons (Fsp3) is 0.185. The number of thiol groups is 1. The number of carbonyl (C=O) groups is 2. The first kappa shape index (κ1) is 21.7. The molecule has 4 nitrogen and oxygen atoms in total. The third-order valence-corrected chi connectivity index (χ3v) is 7.09. The average molecular weight is 473 g/mol. The second kappa shape index (κ2) is 9.41. The molecule has 6 heteroatoms. The zero-order valence-electron chi connectivity index (χ0n) is 18.0. The zero-order chi connectivity index (χ0) is 22.8. The summed E-state index contributed by atoms with van der Waals surface area (Å²) in [6.45, 7) is 0.524. The topological polar surface area (TPSA) is 49.4 Å². The molecule has 2 heterocycles. The number of nitrogens with zero attached hydrogens (tertiary/aromatic N) is 1. The van der Waals surface area contributed by atoms with Crippen LogP contribution in [0.4, 0.5) is 5.69 Å². The van der Waals surface area contributed by atoms with Crippen molar-refractivity contribution in [3.8, 4) is 10.4 Å². The molecule has 2 aromatic carbocycles. The van der Waals surface area contributed by atoms with Crippen LogP contribution in [-0.2, 0) is 4.79 Å². The Bertz CT molecular complexity index is 1240. The van der Waals surface area contributed by atoms with Gasteiger partial charge in [0.05, 0.1) is 10.6 Å². The van der Waals surface area contributed by atoms with E-state index in [2.05, 4.69) is 24.0 Å². The van der Waals surface area contributed by atoms with Gasteiger partial charge in [0.25, 0.3) is 11.8 Å². The Balaban J connectivity index is 1.38. The minimum absolute atomic E-state index is 0.0311. The van der Waals surface area contributed by atoms with Crippen molar-refractivity contribution in [2.24, 2.45) is 0 Å². The number of benzene rings is 2. The van der Waals surface area contributed by atoms with Gasteiger partial charge in [-0.3, -0.25) is 9.59 Å². The van der Waals surface area contributed by atoms with E-state index in [4.69, 9.17) is 0 Å². The summed E-state index contributed by atoms with van der Waals surface area (Å²) in [5.41, 5.74) is 4.56. The van der Waals surface area contributed by atoms with Gasteiger partial charge in [-0.05, 0) is 77.8 Å². The molecule has 1 aliphatic heterocycles. The van der Waals surface area contributed by atoms with E-state index < -0.39 is 0 Å². The third-order valence-electron chi connectivity index (χ3n) is 5.84. The maximum Gasteiger partial charge on any atom is 0.258 e. The fourth-order valence-electron chi connectivity index (χ4n) is 3.92. The van der Waals surface area contributed by atoms with Crippen LogP contribution in [0.2, 0.25) is 0 Å². The number of para-hydroxylation sites is 1. The maximum atomic E-state index is 13.5. The Kier molecular flexibility index (Phi) is 6.20. The van der Waals surface area contributed by atoms with Gasteiger partial charge in [0.1, 0.15) is 0 Å². The first-order chi connectivity index (χ1) is 16.1. The van der Waals surface area contributed by atoms with Crippen molar-refractivity contribution in [1.29, 1.82) is 0 Å². The van der Waals surface area contributed by atoms with E-state index in [0.29, 0.717) is 23.4 Å². The lowest BCUT2D eigenvalue weighted by Crippen LogP contribution is -2.32. The number of hydrogen-bond donors (Lipinski definition) is 2. The number of allylic oxidation sites excluding steroid dienone is 1. The van der Waals surface area contributed by atoms with Crippen molar-refractivity contribution >= 4 is 47.5 Å². The van der Waals surface area contributed by atoms with Crippen LogP contribution in [0.5, 0.6) is 0 Å². The van der Waals surface area contributed by atoms with Crippen LogP contribution in [0.1, 0.15) is 35.2 Å². The molecule has 166 valence electrons. The van der Waals surface area contributed by atoms with Crippen molar-refractivity contribution in [2.45, 2.75) is 25.3 Å². The smallest absolute Gasteiger partial charge is 0.258 e. The molecule has 0 radical (unpaired) electrons. The lowest BCUT2D eigenvalue weighted by Gasteiger charge is -2.23. The van der Waals surface area contributed by atoms with E-state index in [1.807, 2.05) is 77.0 Å². The van der Waals surface area contributed by atoms with Gasteiger partial charge in [-0.25, -0.2) is 0 Å². The Labute approximate surface area is 203 Å². The number of nitrogens with one attached hydrogen (secondary N) is 1. The summed E-state index contributed by atoms with van der Waals surface area (Å²) in [5.74, 6) is -0.172. The van der Waals surface area contributed by atoms with Gasteiger partial charge in [-0.15, -0.1) is 24.0 Å². The van der Waals surface area contributed by atoms with Gasteiger partial charge in [-0.1, -0.05) is 36.4 Å². The molecule has 1 N–H and O–H groups in total. The quantitative estimate of drug-likeness (QED) is 0.357. The molecule has 3 aromatic rings. The molecule has 5 rings (SSSR count). The fourth-order valence-corrected chi connectivity index (χ4v) is 4.88. The summed E-state index contributed by atoms with van der Waals surface area (Å²) in [6, 6.07) is 20.1. The van der Waals surface area contributed by atoms with Crippen molar-refractivity contribution in [3.05, 3.63) is 93.7 Å². The van der Waals surface area contributed by atoms with Crippen molar-refractivity contribution in [2.75, 3.05) is 11.4 Å². The first-order valence-corrected chi connectivity index (χ1v) is 12.4. The van der Waals surface area contributed by atoms with Crippen LogP contribution in [0.3, 0.4) is 0 Å². The Hall–Kier alpha value is -3.09. The molecular weight excluding hydrogens is 448 g/mol. The number of amides is 2. The molecule has 0 saturated heterocycles. The molecule has 0 unspecified atom stereocenters. The van der Waals surface area contributed by atoms with Gasteiger partial charge in [0.2, 0.25) is 0 Å². The van der Waals surface area contributed by atoms with E-state index in [-0.39, 0.29) is 17.9 Å². The van der Waals surface area contributed by atoms with Gasteiger partial charge in [-0.2, -0.15) is 0 Å². The van der Waals surface area contributed by atoms with Gasteiger partial charge in [0.15, 0.2) is 0 Å². The largest absolute Gasteiger partial charge is 0.349 e. The summed E-state index contributed by atoms with van der Waals surface area (Å²) in [4.78, 5) is 29.2. The maximum absolute atomic E-state index is 13.5. The minimum atomic E-state index is -0.141. The van der Waals surface area contributed by atoms with Crippen LogP contribution in [0, 0.1) is 0 Å². The van der Waals surface area contributed by atoms with Crippen LogP contribution >= 0.6 is 24.0 Å². The highest BCUT2D eigenvalue weighted by atomic mass is 32.1. The van der Waals surface area contributed by atoms with Crippen molar-refractivity contribution < 1.29 is 9.59 Å². The summed E-state index contributed by atoms with van der Waals surface area (Å²) in [6.07, 6.45) is 6.57. The monoisotopic (exact) mass is 472 g/mol. The van der Waals surface area contributed by atoms with Crippen LogP contribution < -0.4 is 10.2 Å². The molecule has 1 saturated carbocycles. The Morgan fingerprint density at radius 2 is 1.82 bits per heavy atom. The molecule has 2 amide bonds. The van der Waals surface area contributed by atoms with E-state index in [0.717, 1.165) is 35.2 Å². The molecular formula is C27H24N2O2S2. The molecule has 33 heavy (non-hydrogen) atoms. The lowest BCUT2D eigenvalue weighted by molar-refractivity contribution is -0.116. The van der Waals surface area contributed by atoms with E-state index in [1.165, 1.54) is 4.88 Å². The summed E-state index contributed by atoms with van der Waals surface area (Å²) in [7, 11) is 0. The summed E-state index contributed by atoms with van der Waals surface area (Å²) in [5, 5.41) is 5.02. The molecule has 2 aliphatic rings. The second-order valence-corrected chi connectivity index (χ2v) is 9.75. The lowest BCUT2D eigenvalue weighted by atomic mass is 10.1. The summed E-state index contributed by atoms with van der Waals surface area (Å²) >= 11 is 6.11. The zero-order valence-corrected chi connectivity index (χ0v) is 19.7. The minimum Gasteiger partial charge on any atom is -0.349 e. The Morgan fingerprint density at radius 3 is 2.55 bits per heavy atom. The van der Waals surface area contributed by atoms with E-state index in [1.54, 1.807) is 11.3 Å². The molecule has 1 aromatic heterocycles. The average Bonchev–Trinajstić information content (AvgIpc) is 3.52.